The van der Waals surface area contributed by atoms with Crippen molar-refractivity contribution in [2.75, 3.05) is 5.73 Å². The van der Waals surface area contributed by atoms with Gasteiger partial charge < -0.3 is 10.6 Å². The van der Waals surface area contributed by atoms with Gasteiger partial charge >= 0.3 is 0 Å². The highest BCUT2D eigenvalue weighted by molar-refractivity contribution is 5.74. The molecule has 0 aliphatic rings. The van der Waals surface area contributed by atoms with E-state index >= 15 is 0 Å². The van der Waals surface area contributed by atoms with Crippen LogP contribution in [0.4, 0.5) is 11.6 Å². The van der Waals surface area contributed by atoms with Crippen LogP contribution in [-0.4, -0.2) is 21.2 Å². The largest absolute Gasteiger partial charge is 0.382 e. The molecule has 0 fully saturated rings. The predicted octanol–water partition coefficient (Wildman–Crippen LogP) is 3.19. The fourth-order valence-corrected chi connectivity index (χ4v) is 1.26. The molecule has 0 spiro atoms. The molecular weight excluding hydrogens is 290 g/mol. The molecule has 0 saturated carbocycles. The van der Waals surface area contributed by atoms with E-state index in [9.17, 15) is 4.79 Å². The van der Waals surface area contributed by atoms with E-state index in [1.165, 1.54) is 6.20 Å². The lowest BCUT2D eigenvalue weighted by Gasteiger charge is -1.82. The fourth-order valence-electron chi connectivity index (χ4n) is 1.26. The summed E-state index contributed by atoms with van der Waals surface area (Å²) < 4.78 is 0. The molecule has 0 aliphatic carbocycles. The minimum absolute atomic E-state index is 0.451. The Hall–Kier alpha value is -3.59. The molecule has 6 nitrogen and oxygen atoms in total. The number of carbonyl (C=O) groups is 1. The molecule has 114 valence electrons. The van der Waals surface area contributed by atoms with E-state index in [4.69, 9.17) is 12.3 Å². The Kier molecular flexibility index (Phi) is 8.44. The maximum absolute atomic E-state index is 10.0. The van der Waals surface area contributed by atoms with E-state index in [-0.39, 0.29) is 0 Å². The van der Waals surface area contributed by atoms with E-state index in [1.54, 1.807) is 48.9 Å². The summed E-state index contributed by atoms with van der Waals surface area (Å²) in [4.78, 5) is 24.3. The van der Waals surface area contributed by atoms with Crippen LogP contribution in [0.25, 0.3) is 4.85 Å². The molecule has 23 heavy (non-hydrogen) atoms. The molecule has 0 unspecified atom stereocenters. The van der Waals surface area contributed by atoms with Crippen molar-refractivity contribution in [3.8, 4) is 0 Å². The Labute approximate surface area is 134 Å². The van der Waals surface area contributed by atoms with Gasteiger partial charge in [0.15, 0.2) is 0 Å². The third kappa shape index (κ3) is 8.32. The van der Waals surface area contributed by atoms with Crippen LogP contribution in [0, 0.1) is 6.57 Å². The standard InChI is InChI=1S/C7H6O.C6H4N2.C4H5N3/c8-6-7-4-2-1-3-5-7;1-7-6-4-2-3-5-8-6;5-4-3-6-1-2-7-4/h1-6H;2-5H;1-3H,(H2,5,7). The first kappa shape index (κ1) is 17.5. The van der Waals surface area contributed by atoms with Crippen LogP contribution in [0.3, 0.4) is 0 Å². The van der Waals surface area contributed by atoms with Crippen LogP contribution in [0.2, 0.25) is 0 Å². The summed E-state index contributed by atoms with van der Waals surface area (Å²) in [5.74, 6) is 0.912. The summed E-state index contributed by atoms with van der Waals surface area (Å²) in [5.41, 5.74) is 5.91. The highest BCUT2D eigenvalue weighted by Crippen LogP contribution is 2.02. The van der Waals surface area contributed by atoms with Gasteiger partial charge in [-0.05, 0) is 12.1 Å². The number of carbonyl (C=O) groups excluding carboxylic acids is 1. The number of nitrogen functional groups attached to an aromatic ring is 1. The van der Waals surface area contributed by atoms with Crippen molar-refractivity contribution in [1.82, 2.24) is 15.0 Å². The molecule has 0 aliphatic heterocycles. The van der Waals surface area contributed by atoms with E-state index < -0.39 is 0 Å². The van der Waals surface area contributed by atoms with Gasteiger partial charge in [0, 0.05) is 18.0 Å². The Morgan fingerprint density at radius 1 is 0.957 bits per heavy atom. The number of hydrogen-bond acceptors (Lipinski definition) is 5. The van der Waals surface area contributed by atoms with Gasteiger partial charge in [0.25, 0.3) is 5.82 Å². The van der Waals surface area contributed by atoms with Gasteiger partial charge in [0.2, 0.25) is 0 Å². The maximum atomic E-state index is 10.0. The van der Waals surface area contributed by atoms with Crippen molar-refractivity contribution in [3.63, 3.8) is 0 Å². The zero-order chi connectivity index (χ0) is 16.8. The zero-order valence-corrected chi connectivity index (χ0v) is 12.3. The first-order chi connectivity index (χ1) is 11.3. The summed E-state index contributed by atoms with van der Waals surface area (Å²) >= 11 is 0. The van der Waals surface area contributed by atoms with Crippen LogP contribution in [0.5, 0.6) is 0 Å². The molecule has 6 heteroatoms. The molecule has 2 aromatic heterocycles. The van der Waals surface area contributed by atoms with E-state index in [0.717, 1.165) is 11.8 Å². The van der Waals surface area contributed by atoms with Crippen LogP contribution >= 0.6 is 0 Å². The number of aldehydes is 1. The van der Waals surface area contributed by atoms with E-state index in [1.807, 2.05) is 18.2 Å². The van der Waals surface area contributed by atoms with Crippen LogP contribution in [0.1, 0.15) is 10.4 Å². The van der Waals surface area contributed by atoms with Crippen LogP contribution < -0.4 is 5.73 Å². The number of nitrogens with two attached hydrogens (primary N) is 1. The van der Waals surface area contributed by atoms with Crippen molar-refractivity contribution >= 4 is 17.9 Å². The van der Waals surface area contributed by atoms with Gasteiger partial charge in [-0.25, -0.2) is 4.98 Å². The Morgan fingerprint density at radius 3 is 2.04 bits per heavy atom. The average Bonchev–Trinajstić information content (AvgIpc) is 2.65. The first-order valence-electron chi connectivity index (χ1n) is 6.56. The summed E-state index contributed by atoms with van der Waals surface area (Å²) in [6, 6.07) is 14.3. The molecule has 3 rings (SSSR count). The van der Waals surface area contributed by atoms with Crippen LogP contribution in [-0.2, 0) is 0 Å². The fraction of sp³-hybridized carbons (Fsp3) is 0. The number of hydrogen-bond donors (Lipinski definition) is 1. The number of rotatable bonds is 1. The topological polar surface area (TPSA) is 86.1 Å². The molecule has 1 aromatic carbocycles. The second-order valence-corrected chi connectivity index (χ2v) is 3.96. The van der Waals surface area contributed by atoms with Crippen LogP contribution in [0.15, 0.2) is 73.3 Å². The third-order valence-corrected chi connectivity index (χ3v) is 2.28. The summed E-state index contributed by atoms with van der Waals surface area (Å²) in [6.07, 6.45) is 7.07. The molecule has 2 heterocycles. The van der Waals surface area contributed by atoms with Crippen molar-refractivity contribution in [2.24, 2.45) is 0 Å². The Morgan fingerprint density at radius 2 is 1.70 bits per heavy atom. The molecule has 0 atom stereocenters. The minimum atomic E-state index is 0.451. The van der Waals surface area contributed by atoms with Gasteiger partial charge in [-0.1, -0.05) is 43.0 Å². The SMILES string of the molecule is Nc1cnccn1.O=Cc1ccccc1.[C-]#[N+]c1ccccn1. The maximum Gasteiger partial charge on any atom is 0.269 e. The number of pyridine rings is 1. The van der Waals surface area contributed by atoms with Crippen molar-refractivity contribution < 1.29 is 4.79 Å². The van der Waals surface area contributed by atoms with Crippen molar-refractivity contribution in [2.45, 2.75) is 0 Å². The van der Waals surface area contributed by atoms with Gasteiger partial charge in [0.05, 0.1) is 6.20 Å². The lowest BCUT2D eigenvalue weighted by Crippen LogP contribution is -1.87. The van der Waals surface area contributed by atoms with Gasteiger partial charge in [-0.2, -0.15) is 0 Å². The van der Waals surface area contributed by atoms with Crippen molar-refractivity contribution in [3.05, 3.63) is 90.3 Å². The molecular formula is C17H15N5O. The molecule has 2 N–H and O–H groups in total. The predicted molar refractivity (Wildman–Crippen MR) is 88.8 cm³/mol. The van der Waals surface area contributed by atoms with Gasteiger partial charge in [0.1, 0.15) is 18.3 Å². The van der Waals surface area contributed by atoms with Crippen molar-refractivity contribution in [1.29, 1.82) is 0 Å². The number of aromatic nitrogens is 3. The average molecular weight is 305 g/mol. The summed E-state index contributed by atoms with van der Waals surface area (Å²) in [5, 5.41) is 0. The molecule has 0 bridgehead atoms. The first-order valence-corrected chi connectivity index (χ1v) is 6.56. The molecule has 0 saturated heterocycles. The van der Waals surface area contributed by atoms with E-state index in [0.29, 0.717) is 11.6 Å². The van der Waals surface area contributed by atoms with E-state index in [2.05, 4.69) is 19.8 Å². The summed E-state index contributed by atoms with van der Waals surface area (Å²) in [7, 11) is 0. The Bertz CT molecular complexity index is 712. The molecule has 3 aromatic rings. The smallest absolute Gasteiger partial charge is 0.269 e. The second kappa shape index (κ2) is 11.1. The lowest BCUT2D eigenvalue weighted by molar-refractivity contribution is 0.112. The Balaban J connectivity index is 0.000000173. The number of anilines is 1. The molecule has 0 amide bonds. The quantitative estimate of drug-likeness (QED) is 0.551. The number of nitrogens with zero attached hydrogens (tertiary/aromatic N) is 4. The summed E-state index contributed by atoms with van der Waals surface area (Å²) in [6.45, 7) is 6.51. The van der Waals surface area contributed by atoms with Gasteiger partial charge in [-0.15, -0.1) is 4.98 Å². The lowest BCUT2D eigenvalue weighted by atomic mass is 10.2. The monoisotopic (exact) mass is 305 g/mol. The third-order valence-electron chi connectivity index (χ3n) is 2.28. The zero-order valence-electron chi connectivity index (χ0n) is 12.3. The normalized spacial score (nSPS) is 8.30. The highest BCUT2D eigenvalue weighted by Gasteiger charge is 1.82. The highest BCUT2D eigenvalue weighted by atomic mass is 16.1. The second-order valence-electron chi connectivity index (χ2n) is 3.96. The number of benzene rings is 1. The molecule has 0 radical (unpaired) electrons. The minimum Gasteiger partial charge on any atom is -0.382 e. The van der Waals surface area contributed by atoms with Gasteiger partial charge in [-0.3, -0.25) is 9.78 Å².